The van der Waals surface area contributed by atoms with Crippen LogP contribution in [-0.4, -0.2) is 9.78 Å². The molecule has 0 aliphatic carbocycles. The van der Waals surface area contributed by atoms with Gasteiger partial charge in [-0.25, -0.2) is 0 Å². The van der Waals surface area contributed by atoms with E-state index in [4.69, 9.17) is 0 Å². The third-order valence-electron chi connectivity index (χ3n) is 2.87. The Labute approximate surface area is 104 Å². The first kappa shape index (κ1) is 14.1. The molecule has 1 heterocycles. The van der Waals surface area contributed by atoms with Crippen LogP contribution in [0.25, 0.3) is 0 Å². The Balaban J connectivity index is 3.36. The minimum absolute atomic E-state index is 0.0129. The number of rotatable bonds is 3. The van der Waals surface area contributed by atoms with Gasteiger partial charge >= 0.3 is 0 Å². The zero-order chi connectivity index (χ0) is 13.4. The van der Waals surface area contributed by atoms with Gasteiger partial charge in [0.25, 0.3) is 5.56 Å². The van der Waals surface area contributed by atoms with Gasteiger partial charge in [0.15, 0.2) is 0 Å². The molecule has 0 aromatic carbocycles. The first-order valence-corrected chi connectivity index (χ1v) is 6.47. The molecule has 0 aliphatic heterocycles. The monoisotopic (exact) mass is 238 g/mol. The minimum atomic E-state index is -0.0129. The number of nitrogens with one attached hydrogen (secondary N) is 1. The fourth-order valence-electron chi connectivity index (χ4n) is 2.10. The molecule has 0 aliphatic rings. The molecule has 98 valence electrons. The van der Waals surface area contributed by atoms with Gasteiger partial charge in [0.1, 0.15) is 0 Å². The first-order valence-electron chi connectivity index (χ1n) is 6.47. The van der Waals surface area contributed by atoms with Crippen molar-refractivity contribution in [2.75, 3.05) is 0 Å². The van der Waals surface area contributed by atoms with Gasteiger partial charge in [-0.05, 0) is 11.8 Å². The van der Waals surface area contributed by atoms with Crippen molar-refractivity contribution in [2.45, 2.75) is 66.3 Å². The van der Waals surface area contributed by atoms with Crippen LogP contribution in [0.5, 0.6) is 0 Å². The Morgan fingerprint density at radius 3 is 2.00 bits per heavy atom. The van der Waals surface area contributed by atoms with Crippen LogP contribution in [0.2, 0.25) is 0 Å². The van der Waals surface area contributed by atoms with Crippen LogP contribution < -0.4 is 5.56 Å². The zero-order valence-electron chi connectivity index (χ0n) is 12.2. The predicted octanol–water partition coefficient (Wildman–Crippen LogP) is 3.25. The molecule has 0 fully saturated rings. The zero-order valence-corrected chi connectivity index (χ0v) is 12.2. The Kier molecular flexibility index (Phi) is 3.90. The van der Waals surface area contributed by atoms with E-state index in [1.54, 1.807) is 4.68 Å². The van der Waals surface area contributed by atoms with Gasteiger partial charge in [-0.2, -0.15) is 0 Å². The largest absolute Gasteiger partial charge is 0.299 e. The van der Waals surface area contributed by atoms with E-state index >= 15 is 0 Å². The van der Waals surface area contributed by atoms with Gasteiger partial charge in [0, 0.05) is 23.2 Å². The van der Waals surface area contributed by atoms with Crippen molar-refractivity contribution >= 4 is 0 Å². The highest BCUT2D eigenvalue weighted by Gasteiger charge is 2.26. The van der Waals surface area contributed by atoms with Crippen LogP contribution in [-0.2, 0) is 12.0 Å². The van der Waals surface area contributed by atoms with E-state index in [0.717, 1.165) is 17.8 Å². The summed E-state index contributed by atoms with van der Waals surface area (Å²) in [6.45, 7) is 15.6. The van der Waals surface area contributed by atoms with Gasteiger partial charge < -0.3 is 0 Å². The maximum Gasteiger partial charge on any atom is 0.270 e. The molecule has 0 saturated carbocycles. The molecular formula is C14H26N2O. The summed E-state index contributed by atoms with van der Waals surface area (Å²) in [6, 6.07) is 0. The quantitative estimate of drug-likeness (QED) is 0.862. The van der Waals surface area contributed by atoms with Gasteiger partial charge in [-0.1, -0.05) is 48.5 Å². The summed E-state index contributed by atoms with van der Waals surface area (Å²) in [4.78, 5) is 12.3. The molecule has 0 amide bonds. The molecule has 3 heteroatoms. The summed E-state index contributed by atoms with van der Waals surface area (Å²) in [5.41, 5.74) is 2.16. The van der Waals surface area contributed by atoms with Crippen molar-refractivity contribution in [1.82, 2.24) is 9.78 Å². The fraction of sp³-hybridized carbons (Fsp3) is 0.786. The molecule has 0 unspecified atom stereocenters. The summed E-state index contributed by atoms with van der Waals surface area (Å²) in [7, 11) is 0. The van der Waals surface area contributed by atoms with Gasteiger partial charge in [0.2, 0.25) is 0 Å². The second-order valence-electron chi connectivity index (χ2n) is 6.61. The van der Waals surface area contributed by atoms with Crippen LogP contribution in [0.1, 0.15) is 65.6 Å². The van der Waals surface area contributed by atoms with E-state index in [0.29, 0.717) is 5.92 Å². The molecule has 0 saturated heterocycles. The summed E-state index contributed by atoms with van der Waals surface area (Å²) in [5.74, 6) is 0.737. The molecule has 17 heavy (non-hydrogen) atoms. The predicted molar refractivity (Wildman–Crippen MR) is 72.7 cm³/mol. The van der Waals surface area contributed by atoms with E-state index in [2.05, 4.69) is 53.6 Å². The summed E-state index contributed by atoms with van der Waals surface area (Å²) in [5, 5.41) is 3.31. The molecule has 1 N–H and O–H groups in total. The molecule has 0 bridgehead atoms. The third kappa shape index (κ3) is 3.02. The number of aromatic amines is 1. The Morgan fingerprint density at radius 2 is 1.71 bits per heavy atom. The van der Waals surface area contributed by atoms with Crippen LogP contribution in [0.15, 0.2) is 4.79 Å². The molecule has 0 radical (unpaired) electrons. The number of hydrogen-bond acceptors (Lipinski definition) is 1. The second kappa shape index (κ2) is 4.71. The molecule has 0 atom stereocenters. The minimum Gasteiger partial charge on any atom is -0.299 e. The van der Waals surface area contributed by atoms with Crippen molar-refractivity contribution in [3.63, 3.8) is 0 Å². The number of nitrogens with zero attached hydrogens (tertiary/aromatic N) is 1. The lowest BCUT2D eigenvalue weighted by Crippen LogP contribution is -2.22. The van der Waals surface area contributed by atoms with Gasteiger partial charge in [-0.15, -0.1) is 0 Å². The van der Waals surface area contributed by atoms with E-state index < -0.39 is 0 Å². The Morgan fingerprint density at radius 1 is 1.18 bits per heavy atom. The second-order valence-corrected chi connectivity index (χ2v) is 6.61. The van der Waals surface area contributed by atoms with E-state index in [1.807, 2.05) is 0 Å². The van der Waals surface area contributed by atoms with Crippen molar-refractivity contribution in [2.24, 2.45) is 5.92 Å². The number of hydrogen-bond donors (Lipinski definition) is 1. The van der Waals surface area contributed by atoms with Crippen LogP contribution in [0.4, 0.5) is 0 Å². The van der Waals surface area contributed by atoms with Crippen molar-refractivity contribution in [3.05, 3.63) is 21.6 Å². The normalized spacial score (nSPS) is 12.8. The average molecular weight is 238 g/mol. The maximum absolute atomic E-state index is 12.3. The lowest BCUT2D eigenvalue weighted by molar-refractivity contribution is 0.457. The topological polar surface area (TPSA) is 37.8 Å². The highest BCUT2D eigenvalue weighted by Crippen LogP contribution is 2.26. The Hall–Kier alpha value is -0.990. The van der Waals surface area contributed by atoms with E-state index in [-0.39, 0.29) is 16.9 Å². The summed E-state index contributed by atoms with van der Waals surface area (Å²) in [6.07, 6.45) is 0. The SMILES string of the molecule is CC(C)Cn1[nH]c(C(C)(C)C)c(C(C)C)c1=O. The van der Waals surface area contributed by atoms with Crippen molar-refractivity contribution in [3.8, 4) is 0 Å². The van der Waals surface area contributed by atoms with Crippen LogP contribution in [0, 0.1) is 5.92 Å². The molecule has 1 rings (SSSR count). The molecule has 1 aromatic rings. The highest BCUT2D eigenvalue weighted by molar-refractivity contribution is 5.27. The van der Waals surface area contributed by atoms with Crippen LogP contribution >= 0.6 is 0 Å². The van der Waals surface area contributed by atoms with Gasteiger partial charge in [-0.3, -0.25) is 14.6 Å². The Bertz CT molecular complexity index is 430. The number of H-pyrrole nitrogens is 1. The molecular weight excluding hydrogens is 212 g/mol. The maximum atomic E-state index is 12.3. The average Bonchev–Trinajstić information content (AvgIpc) is 2.42. The first-order chi connectivity index (χ1) is 7.64. The smallest absolute Gasteiger partial charge is 0.270 e. The molecule has 0 spiro atoms. The van der Waals surface area contributed by atoms with E-state index in [1.165, 1.54) is 0 Å². The van der Waals surface area contributed by atoms with Crippen LogP contribution in [0.3, 0.4) is 0 Å². The van der Waals surface area contributed by atoms with Gasteiger partial charge in [0.05, 0.1) is 0 Å². The standard InChI is InChI=1S/C14H26N2O/c1-9(2)8-16-13(17)11(10(3)4)12(15-16)14(5,6)7/h9-10,15H,8H2,1-7H3. The van der Waals surface area contributed by atoms with Crippen molar-refractivity contribution < 1.29 is 0 Å². The van der Waals surface area contributed by atoms with Crippen molar-refractivity contribution in [1.29, 1.82) is 0 Å². The molecule has 3 nitrogen and oxygen atoms in total. The lowest BCUT2D eigenvalue weighted by atomic mass is 9.86. The molecule has 1 aromatic heterocycles. The van der Waals surface area contributed by atoms with E-state index in [9.17, 15) is 4.79 Å². The lowest BCUT2D eigenvalue weighted by Gasteiger charge is -2.19. The third-order valence-corrected chi connectivity index (χ3v) is 2.87. The summed E-state index contributed by atoms with van der Waals surface area (Å²) >= 11 is 0. The fourth-order valence-corrected chi connectivity index (χ4v) is 2.10. The number of aromatic nitrogens is 2. The highest BCUT2D eigenvalue weighted by atomic mass is 16.1. The summed E-state index contributed by atoms with van der Waals surface area (Å²) < 4.78 is 1.76.